The Morgan fingerprint density at radius 1 is 1.03 bits per heavy atom. The summed E-state index contributed by atoms with van der Waals surface area (Å²) in [5, 5.41) is 4.24. The van der Waals surface area contributed by atoms with E-state index in [2.05, 4.69) is 35.2 Å². The van der Waals surface area contributed by atoms with Crippen LogP contribution in [0.25, 0.3) is 11.1 Å². The summed E-state index contributed by atoms with van der Waals surface area (Å²) in [6.45, 7) is 6.16. The largest absolute Gasteiger partial charge is 0.353 e. The zero-order valence-corrected chi connectivity index (χ0v) is 16.9. The average molecular weight is 390 g/mol. The monoisotopic (exact) mass is 390 g/mol. The molecule has 0 aliphatic carbocycles. The second-order valence-corrected chi connectivity index (χ2v) is 7.99. The fourth-order valence-electron chi connectivity index (χ4n) is 3.64. The topological polar surface area (TPSA) is 41.6 Å². The molecular formula is C24H25FN3O. The summed E-state index contributed by atoms with van der Waals surface area (Å²) in [7, 11) is 0. The van der Waals surface area contributed by atoms with Gasteiger partial charge in [-0.25, -0.2) is 4.39 Å². The van der Waals surface area contributed by atoms with Crippen molar-refractivity contribution in [2.45, 2.75) is 38.5 Å². The standard InChI is InChI=1S/C24H25FN3O/c1-24(2,19-12-10-18(11-13-19)20-8-4-5-9-21(20)25)22-16-23(29-27-22)26-17-28-14-6-3-7-15-28/h4-5,8-13,16H,3,6-7,14-15H2,1-2H3. The van der Waals surface area contributed by atoms with Gasteiger partial charge in [0, 0.05) is 30.1 Å². The predicted molar refractivity (Wildman–Crippen MR) is 113 cm³/mol. The number of aromatic nitrogens is 1. The Balaban J connectivity index is 1.51. The highest BCUT2D eigenvalue weighted by Crippen LogP contribution is 2.34. The lowest BCUT2D eigenvalue weighted by Crippen LogP contribution is -2.27. The average Bonchev–Trinajstić information content (AvgIpc) is 3.24. The molecule has 1 aliphatic heterocycles. The van der Waals surface area contributed by atoms with E-state index in [0.29, 0.717) is 11.4 Å². The van der Waals surface area contributed by atoms with Gasteiger partial charge in [0.1, 0.15) is 5.82 Å². The molecule has 149 valence electrons. The van der Waals surface area contributed by atoms with Gasteiger partial charge >= 0.3 is 0 Å². The SMILES string of the molecule is CC(C)(c1ccc(-c2ccccc2F)cc1)c1cc(N=[C]N2CCCCC2)on1. The van der Waals surface area contributed by atoms with E-state index in [1.54, 1.807) is 12.1 Å². The van der Waals surface area contributed by atoms with Crippen molar-refractivity contribution in [1.29, 1.82) is 0 Å². The van der Waals surface area contributed by atoms with Crippen LogP contribution in [-0.4, -0.2) is 29.5 Å². The van der Waals surface area contributed by atoms with Crippen molar-refractivity contribution in [2.75, 3.05) is 13.1 Å². The smallest absolute Gasteiger partial charge is 0.252 e. The molecule has 3 aromatic rings. The number of likely N-dealkylation sites (tertiary alicyclic amines) is 1. The number of aliphatic imine (C=N–C) groups is 1. The summed E-state index contributed by atoms with van der Waals surface area (Å²) in [5.41, 5.74) is 2.96. The number of piperidine rings is 1. The summed E-state index contributed by atoms with van der Waals surface area (Å²) in [6, 6.07) is 16.6. The van der Waals surface area contributed by atoms with E-state index in [4.69, 9.17) is 4.52 Å². The van der Waals surface area contributed by atoms with Crippen molar-refractivity contribution in [3.8, 4) is 11.1 Å². The second kappa shape index (κ2) is 8.19. The van der Waals surface area contributed by atoms with Crippen LogP contribution in [0.2, 0.25) is 0 Å². The summed E-state index contributed by atoms with van der Waals surface area (Å²) in [5.74, 6) is 0.241. The predicted octanol–water partition coefficient (Wildman–Crippen LogP) is 5.83. The van der Waals surface area contributed by atoms with E-state index in [1.165, 1.54) is 25.3 Å². The van der Waals surface area contributed by atoms with E-state index in [9.17, 15) is 4.39 Å². The summed E-state index contributed by atoms with van der Waals surface area (Å²) < 4.78 is 19.5. The molecular weight excluding hydrogens is 365 g/mol. The minimum absolute atomic E-state index is 0.219. The lowest BCUT2D eigenvalue weighted by molar-refractivity contribution is 0.349. The van der Waals surface area contributed by atoms with E-state index in [1.807, 2.05) is 36.4 Å². The zero-order valence-electron chi connectivity index (χ0n) is 16.9. The molecule has 0 bridgehead atoms. The highest BCUT2D eigenvalue weighted by Gasteiger charge is 2.27. The number of halogens is 1. The number of benzene rings is 2. The van der Waals surface area contributed by atoms with Gasteiger partial charge in [0.25, 0.3) is 5.88 Å². The molecule has 0 saturated carbocycles. The minimum Gasteiger partial charge on any atom is -0.353 e. The van der Waals surface area contributed by atoms with Crippen LogP contribution >= 0.6 is 0 Å². The number of rotatable bonds is 5. The Morgan fingerprint density at radius 2 is 1.76 bits per heavy atom. The molecule has 1 aromatic heterocycles. The van der Waals surface area contributed by atoms with Gasteiger partial charge in [-0.1, -0.05) is 61.5 Å². The molecule has 1 radical (unpaired) electrons. The van der Waals surface area contributed by atoms with Crippen LogP contribution < -0.4 is 0 Å². The Morgan fingerprint density at radius 3 is 2.48 bits per heavy atom. The van der Waals surface area contributed by atoms with E-state index < -0.39 is 0 Å². The quantitative estimate of drug-likeness (QED) is 0.407. The minimum atomic E-state index is -0.365. The molecule has 0 amide bonds. The third-order valence-corrected chi connectivity index (χ3v) is 5.59. The van der Waals surface area contributed by atoms with Gasteiger partial charge in [-0.05, 0) is 36.5 Å². The normalized spacial score (nSPS) is 15.2. The van der Waals surface area contributed by atoms with Gasteiger partial charge in [-0.2, -0.15) is 4.99 Å². The zero-order chi connectivity index (χ0) is 20.3. The first kappa shape index (κ1) is 19.4. The molecule has 1 fully saturated rings. The third kappa shape index (κ3) is 4.24. The maximum Gasteiger partial charge on any atom is 0.252 e. The lowest BCUT2D eigenvalue weighted by Gasteiger charge is -2.22. The van der Waals surface area contributed by atoms with Crippen LogP contribution in [0.3, 0.4) is 0 Å². The van der Waals surface area contributed by atoms with Crippen molar-refractivity contribution in [3.63, 3.8) is 0 Å². The molecule has 2 aromatic carbocycles. The highest BCUT2D eigenvalue weighted by molar-refractivity contribution is 5.65. The summed E-state index contributed by atoms with van der Waals surface area (Å²) >= 11 is 0. The fourth-order valence-corrected chi connectivity index (χ4v) is 3.64. The van der Waals surface area contributed by atoms with Crippen LogP contribution in [0.1, 0.15) is 44.4 Å². The molecule has 2 heterocycles. The molecule has 5 heteroatoms. The molecule has 29 heavy (non-hydrogen) atoms. The van der Waals surface area contributed by atoms with Gasteiger partial charge in [-0.3, -0.25) is 0 Å². The van der Waals surface area contributed by atoms with Gasteiger partial charge in [-0.15, -0.1) is 0 Å². The number of hydrogen-bond donors (Lipinski definition) is 0. The summed E-state index contributed by atoms with van der Waals surface area (Å²) in [4.78, 5) is 6.42. The van der Waals surface area contributed by atoms with Gasteiger partial charge in [0.15, 0.2) is 6.34 Å². The van der Waals surface area contributed by atoms with Crippen LogP contribution in [0.4, 0.5) is 10.3 Å². The maximum atomic E-state index is 14.0. The molecule has 0 unspecified atom stereocenters. The Bertz CT molecular complexity index is 985. The molecule has 1 aliphatic rings. The molecule has 4 nitrogen and oxygen atoms in total. The van der Waals surface area contributed by atoms with Crippen molar-refractivity contribution in [3.05, 3.63) is 71.7 Å². The van der Waals surface area contributed by atoms with Crippen LogP contribution in [0.5, 0.6) is 0 Å². The summed E-state index contributed by atoms with van der Waals surface area (Å²) in [6.07, 6.45) is 6.70. The molecule has 4 rings (SSSR count). The molecule has 0 atom stereocenters. The first-order valence-corrected chi connectivity index (χ1v) is 10.1. The van der Waals surface area contributed by atoms with E-state index >= 15 is 0 Å². The Labute approximate surface area is 171 Å². The second-order valence-electron chi connectivity index (χ2n) is 7.99. The van der Waals surface area contributed by atoms with Crippen LogP contribution in [0, 0.1) is 5.82 Å². The van der Waals surface area contributed by atoms with Crippen LogP contribution in [-0.2, 0) is 5.41 Å². The van der Waals surface area contributed by atoms with Crippen molar-refractivity contribution in [2.24, 2.45) is 4.99 Å². The van der Waals surface area contributed by atoms with Gasteiger partial charge in [0.2, 0.25) is 0 Å². The molecule has 1 saturated heterocycles. The Hall–Kier alpha value is -2.95. The first-order chi connectivity index (χ1) is 14.0. The number of hydrogen-bond acceptors (Lipinski definition) is 3. The van der Waals surface area contributed by atoms with Crippen molar-refractivity contribution < 1.29 is 8.91 Å². The van der Waals surface area contributed by atoms with Crippen LogP contribution in [0.15, 0.2) is 64.1 Å². The van der Waals surface area contributed by atoms with Crippen molar-refractivity contribution >= 4 is 12.2 Å². The maximum absolute atomic E-state index is 14.0. The molecule has 0 spiro atoms. The molecule has 0 N–H and O–H groups in total. The van der Waals surface area contributed by atoms with Gasteiger partial charge in [0.05, 0.1) is 5.69 Å². The van der Waals surface area contributed by atoms with Crippen molar-refractivity contribution in [1.82, 2.24) is 10.1 Å². The highest BCUT2D eigenvalue weighted by atomic mass is 19.1. The first-order valence-electron chi connectivity index (χ1n) is 10.1. The van der Waals surface area contributed by atoms with E-state index in [-0.39, 0.29) is 11.2 Å². The van der Waals surface area contributed by atoms with Gasteiger partial charge < -0.3 is 9.42 Å². The Kier molecular flexibility index (Phi) is 5.47. The third-order valence-electron chi connectivity index (χ3n) is 5.59. The number of nitrogens with zero attached hydrogens (tertiary/aromatic N) is 3. The van der Waals surface area contributed by atoms with E-state index in [0.717, 1.165) is 29.9 Å². The fraction of sp³-hybridized carbons (Fsp3) is 0.333. The lowest BCUT2D eigenvalue weighted by atomic mass is 9.81.